The van der Waals surface area contributed by atoms with Crippen LogP contribution in [0.15, 0.2) is 53.7 Å². The van der Waals surface area contributed by atoms with Crippen molar-refractivity contribution in [1.82, 2.24) is 9.80 Å². The molecule has 0 aliphatic carbocycles. The van der Waals surface area contributed by atoms with Gasteiger partial charge in [-0.2, -0.15) is 0 Å². The third kappa shape index (κ3) is 4.13. The van der Waals surface area contributed by atoms with E-state index in [1.54, 1.807) is 46.2 Å². The van der Waals surface area contributed by atoms with E-state index in [0.717, 1.165) is 0 Å². The molecule has 2 heterocycles. The van der Waals surface area contributed by atoms with Gasteiger partial charge in [0.2, 0.25) is 0 Å². The number of ether oxygens (including phenoxy) is 2. The Hall–Kier alpha value is -3.22. The van der Waals surface area contributed by atoms with Crippen molar-refractivity contribution in [2.45, 2.75) is 0 Å². The molecular formula is C20H22N2O5. The van der Waals surface area contributed by atoms with Crippen LogP contribution in [0.3, 0.4) is 0 Å². The molecule has 0 saturated carbocycles. The Bertz CT molecular complexity index is 808. The Balaban J connectivity index is 1.63. The second-order valence-corrected chi connectivity index (χ2v) is 6.03. The van der Waals surface area contributed by atoms with E-state index < -0.39 is 0 Å². The summed E-state index contributed by atoms with van der Waals surface area (Å²) >= 11 is 0. The van der Waals surface area contributed by atoms with Gasteiger partial charge >= 0.3 is 0 Å². The number of carbonyl (C=O) groups excluding carboxylic acids is 2. The highest BCUT2D eigenvalue weighted by Gasteiger charge is 2.27. The minimum Gasteiger partial charge on any atom is -0.493 e. The molecule has 27 heavy (non-hydrogen) atoms. The van der Waals surface area contributed by atoms with Crippen LogP contribution in [0, 0.1) is 0 Å². The summed E-state index contributed by atoms with van der Waals surface area (Å²) in [5.74, 6) is 1.11. The third-order valence-corrected chi connectivity index (χ3v) is 4.35. The average Bonchev–Trinajstić information content (AvgIpc) is 3.26. The van der Waals surface area contributed by atoms with Crippen LogP contribution in [-0.4, -0.2) is 61.5 Å². The molecule has 3 rings (SSSR count). The van der Waals surface area contributed by atoms with Gasteiger partial charge in [0.15, 0.2) is 17.3 Å². The van der Waals surface area contributed by atoms with Crippen LogP contribution in [0.25, 0.3) is 0 Å². The molecule has 1 saturated heterocycles. The van der Waals surface area contributed by atoms with Gasteiger partial charge < -0.3 is 23.7 Å². The number of carbonyl (C=O) groups is 2. The first kappa shape index (κ1) is 18.6. The van der Waals surface area contributed by atoms with Crippen molar-refractivity contribution < 1.29 is 23.5 Å². The monoisotopic (exact) mass is 370 g/mol. The van der Waals surface area contributed by atoms with Crippen molar-refractivity contribution in [2.75, 3.05) is 39.9 Å². The molecule has 0 N–H and O–H groups in total. The number of methoxy groups -OCH3 is 1. The van der Waals surface area contributed by atoms with Gasteiger partial charge in [0.25, 0.3) is 11.8 Å². The Labute approximate surface area is 157 Å². The summed E-state index contributed by atoms with van der Waals surface area (Å²) in [6.07, 6.45) is 3.12. The number of benzene rings is 1. The summed E-state index contributed by atoms with van der Waals surface area (Å²) in [5.41, 5.74) is 0.517. The first-order valence-electron chi connectivity index (χ1n) is 8.68. The molecule has 7 heteroatoms. The van der Waals surface area contributed by atoms with E-state index in [-0.39, 0.29) is 11.8 Å². The van der Waals surface area contributed by atoms with Crippen molar-refractivity contribution >= 4 is 11.8 Å². The number of furan rings is 1. The summed E-state index contributed by atoms with van der Waals surface area (Å²) in [6, 6.07) is 8.42. The molecular weight excluding hydrogens is 348 g/mol. The summed E-state index contributed by atoms with van der Waals surface area (Å²) in [7, 11) is 1.53. The largest absolute Gasteiger partial charge is 0.493 e. The lowest BCUT2D eigenvalue weighted by atomic mass is 10.1. The first-order chi connectivity index (χ1) is 13.1. The maximum atomic E-state index is 12.8. The van der Waals surface area contributed by atoms with Gasteiger partial charge in [-0.15, -0.1) is 0 Å². The van der Waals surface area contributed by atoms with Crippen LogP contribution in [0.5, 0.6) is 11.5 Å². The molecule has 2 aromatic rings. The molecule has 0 bridgehead atoms. The zero-order chi connectivity index (χ0) is 19.2. The molecule has 0 atom stereocenters. The van der Waals surface area contributed by atoms with Crippen molar-refractivity contribution in [3.8, 4) is 11.5 Å². The molecule has 0 unspecified atom stereocenters. The fourth-order valence-corrected chi connectivity index (χ4v) is 2.92. The van der Waals surface area contributed by atoms with Crippen molar-refractivity contribution in [1.29, 1.82) is 0 Å². The van der Waals surface area contributed by atoms with Gasteiger partial charge in [-0.3, -0.25) is 9.59 Å². The zero-order valence-electron chi connectivity index (χ0n) is 15.2. The van der Waals surface area contributed by atoms with Gasteiger partial charge in [0, 0.05) is 31.7 Å². The highest BCUT2D eigenvalue weighted by atomic mass is 16.5. The van der Waals surface area contributed by atoms with Crippen LogP contribution in [0.2, 0.25) is 0 Å². The van der Waals surface area contributed by atoms with E-state index in [9.17, 15) is 9.59 Å². The minimum atomic E-state index is -0.155. The Morgan fingerprint density at radius 2 is 1.81 bits per heavy atom. The Kier molecular flexibility index (Phi) is 5.80. The summed E-state index contributed by atoms with van der Waals surface area (Å²) < 4.78 is 16.0. The number of nitrogens with zero attached hydrogens (tertiary/aromatic N) is 2. The van der Waals surface area contributed by atoms with Gasteiger partial charge in [0.1, 0.15) is 6.61 Å². The molecule has 1 fully saturated rings. The minimum absolute atomic E-state index is 0.103. The number of rotatable bonds is 6. The maximum Gasteiger partial charge on any atom is 0.289 e. The second kappa shape index (κ2) is 8.44. The standard InChI is InChI=1S/C20H22N2O5/c1-3-12-26-16-7-6-15(14-18(16)25-2)19(23)21-8-10-22(11-9-21)20(24)17-5-4-13-27-17/h3-7,13-14H,1,8-12H2,2H3. The Morgan fingerprint density at radius 1 is 1.11 bits per heavy atom. The van der Waals surface area contributed by atoms with Gasteiger partial charge in [-0.25, -0.2) is 0 Å². The molecule has 1 aromatic heterocycles. The maximum absolute atomic E-state index is 12.8. The van der Waals surface area contributed by atoms with Crippen LogP contribution < -0.4 is 9.47 Å². The molecule has 142 valence electrons. The lowest BCUT2D eigenvalue weighted by molar-refractivity contribution is 0.0518. The highest BCUT2D eigenvalue weighted by Crippen LogP contribution is 2.28. The predicted octanol–water partition coefficient (Wildman–Crippen LogP) is 2.45. The summed E-state index contributed by atoms with van der Waals surface area (Å²) in [4.78, 5) is 28.5. The normalized spacial score (nSPS) is 14.0. The molecule has 1 aliphatic rings. The van der Waals surface area contributed by atoms with Crippen molar-refractivity contribution in [3.05, 3.63) is 60.6 Å². The van der Waals surface area contributed by atoms with E-state index in [2.05, 4.69) is 6.58 Å². The van der Waals surface area contributed by atoms with Gasteiger partial charge in [0.05, 0.1) is 13.4 Å². The van der Waals surface area contributed by atoms with Gasteiger partial charge in [-0.1, -0.05) is 12.7 Å². The topological polar surface area (TPSA) is 72.2 Å². The smallest absolute Gasteiger partial charge is 0.289 e. The van der Waals surface area contributed by atoms with E-state index in [1.165, 1.54) is 13.4 Å². The molecule has 7 nitrogen and oxygen atoms in total. The van der Waals surface area contributed by atoms with Crippen molar-refractivity contribution in [3.63, 3.8) is 0 Å². The van der Waals surface area contributed by atoms with E-state index in [0.29, 0.717) is 55.6 Å². The summed E-state index contributed by atoms with van der Waals surface area (Å²) in [5, 5.41) is 0. The number of amides is 2. The number of piperazine rings is 1. The summed E-state index contributed by atoms with van der Waals surface area (Å²) in [6.45, 7) is 5.81. The Morgan fingerprint density at radius 3 is 2.41 bits per heavy atom. The number of hydrogen-bond acceptors (Lipinski definition) is 5. The van der Waals surface area contributed by atoms with Crippen LogP contribution in [-0.2, 0) is 0 Å². The third-order valence-electron chi connectivity index (χ3n) is 4.35. The molecule has 1 aliphatic heterocycles. The van der Waals surface area contributed by atoms with Crippen LogP contribution >= 0.6 is 0 Å². The van der Waals surface area contributed by atoms with E-state index in [1.807, 2.05) is 0 Å². The van der Waals surface area contributed by atoms with E-state index in [4.69, 9.17) is 13.9 Å². The number of hydrogen-bond donors (Lipinski definition) is 0. The fraction of sp³-hybridized carbons (Fsp3) is 0.300. The molecule has 0 radical (unpaired) electrons. The first-order valence-corrected chi connectivity index (χ1v) is 8.68. The van der Waals surface area contributed by atoms with Crippen LogP contribution in [0.4, 0.5) is 0 Å². The predicted molar refractivity (Wildman–Crippen MR) is 99.2 cm³/mol. The average molecular weight is 370 g/mol. The lowest BCUT2D eigenvalue weighted by Crippen LogP contribution is -2.50. The highest BCUT2D eigenvalue weighted by molar-refractivity contribution is 5.95. The molecule has 0 spiro atoms. The lowest BCUT2D eigenvalue weighted by Gasteiger charge is -2.34. The van der Waals surface area contributed by atoms with E-state index >= 15 is 0 Å². The van der Waals surface area contributed by atoms with Gasteiger partial charge in [-0.05, 0) is 30.3 Å². The van der Waals surface area contributed by atoms with Crippen LogP contribution in [0.1, 0.15) is 20.9 Å². The quantitative estimate of drug-likeness (QED) is 0.731. The second-order valence-electron chi connectivity index (χ2n) is 6.03. The van der Waals surface area contributed by atoms with Crippen molar-refractivity contribution in [2.24, 2.45) is 0 Å². The SMILES string of the molecule is C=CCOc1ccc(C(=O)N2CCN(C(=O)c3ccco3)CC2)cc1OC. The fourth-order valence-electron chi connectivity index (χ4n) is 2.92. The molecule has 1 aromatic carbocycles. The zero-order valence-corrected chi connectivity index (χ0v) is 15.2. The molecule has 2 amide bonds.